The average molecular weight is 402 g/mol. The highest BCUT2D eigenvalue weighted by molar-refractivity contribution is 6.32. The van der Waals surface area contributed by atoms with Crippen LogP contribution in [0.25, 0.3) is 0 Å². The predicted molar refractivity (Wildman–Crippen MR) is 109 cm³/mol. The standard InChI is InChI=1S/C21H24ClN3O3/c1-25-11-10-23-21(25)20(15-6-5-7-17(12-15)27-2)24-13-16(26)14-28-19-9-4-3-8-18(19)22/h3-12,16,20,24,26H,13-14H2,1-2H3. The van der Waals surface area contributed by atoms with Crippen LogP contribution >= 0.6 is 11.6 Å². The van der Waals surface area contributed by atoms with Crippen molar-refractivity contribution in [2.45, 2.75) is 12.1 Å². The number of para-hydroxylation sites is 1. The van der Waals surface area contributed by atoms with Gasteiger partial charge in [-0.15, -0.1) is 0 Å². The molecule has 148 valence electrons. The molecule has 1 aromatic heterocycles. The van der Waals surface area contributed by atoms with Crippen LogP contribution in [0.15, 0.2) is 60.9 Å². The number of aliphatic hydroxyl groups is 1. The molecule has 0 bridgehead atoms. The molecular formula is C21H24ClN3O3. The summed E-state index contributed by atoms with van der Waals surface area (Å²) in [5.74, 6) is 2.16. The molecule has 0 aliphatic carbocycles. The van der Waals surface area contributed by atoms with E-state index in [9.17, 15) is 5.11 Å². The van der Waals surface area contributed by atoms with Gasteiger partial charge in [0.15, 0.2) is 0 Å². The van der Waals surface area contributed by atoms with Crippen LogP contribution in [0.2, 0.25) is 5.02 Å². The van der Waals surface area contributed by atoms with Crippen LogP contribution in [-0.2, 0) is 7.05 Å². The molecule has 2 aromatic carbocycles. The van der Waals surface area contributed by atoms with Gasteiger partial charge in [-0.3, -0.25) is 0 Å². The number of aryl methyl sites for hydroxylation is 1. The molecule has 0 spiro atoms. The second kappa shape index (κ2) is 9.59. The van der Waals surface area contributed by atoms with Crippen LogP contribution in [0, 0.1) is 0 Å². The Bertz CT molecular complexity index is 900. The van der Waals surface area contributed by atoms with Gasteiger partial charge in [0.25, 0.3) is 0 Å². The molecule has 0 radical (unpaired) electrons. The quantitative estimate of drug-likeness (QED) is 0.576. The third-order valence-corrected chi connectivity index (χ3v) is 4.68. The molecule has 1 heterocycles. The Kier molecular flexibility index (Phi) is 6.92. The van der Waals surface area contributed by atoms with Crippen molar-refractivity contribution in [3.8, 4) is 11.5 Å². The van der Waals surface area contributed by atoms with Crippen molar-refractivity contribution < 1.29 is 14.6 Å². The Morgan fingerprint density at radius 2 is 2.04 bits per heavy atom. The number of aromatic nitrogens is 2. The Hall–Kier alpha value is -2.54. The lowest BCUT2D eigenvalue weighted by molar-refractivity contribution is 0.104. The number of halogens is 1. The van der Waals surface area contributed by atoms with Crippen molar-refractivity contribution in [2.75, 3.05) is 20.3 Å². The molecule has 0 amide bonds. The molecule has 2 atom stereocenters. The van der Waals surface area contributed by atoms with Gasteiger partial charge in [0.1, 0.15) is 30.0 Å². The zero-order valence-electron chi connectivity index (χ0n) is 15.9. The van der Waals surface area contributed by atoms with Crippen LogP contribution in [0.5, 0.6) is 11.5 Å². The second-order valence-electron chi connectivity index (χ2n) is 6.41. The van der Waals surface area contributed by atoms with Gasteiger partial charge in [0.2, 0.25) is 0 Å². The van der Waals surface area contributed by atoms with Crippen molar-refractivity contribution in [1.82, 2.24) is 14.9 Å². The number of nitrogens with one attached hydrogen (secondary N) is 1. The number of imidazole rings is 1. The molecule has 0 aliphatic heterocycles. The summed E-state index contributed by atoms with van der Waals surface area (Å²) in [6.45, 7) is 0.446. The molecule has 3 aromatic rings. The fourth-order valence-corrected chi connectivity index (χ4v) is 3.09. The van der Waals surface area contributed by atoms with Crippen LogP contribution in [0.3, 0.4) is 0 Å². The lowest BCUT2D eigenvalue weighted by atomic mass is 10.1. The Balaban J connectivity index is 1.68. The van der Waals surface area contributed by atoms with Gasteiger partial charge in [-0.1, -0.05) is 35.9 Å². The number of aliphatic hydroxyl groups excluding tert-OH is 1. The minimum Gasteiger partial charge on any atom is -0.497 e. The van der Waals surface area contributed by atoms with Crippen LogP contribution in [-0.4, -0.2) is 41.0 Å². The topological polar surface area (TPSA) is 68.5 Å². The third kappa shape index (κ3) is 5.04. The van der Waals surface area contributed by atoms with E-state index in [-0.39, 0.29) is 12.6 Å². The summed E-state index contributed by atoms with van der Waals surface area (Å²) in [6.07, 6.45) is 2.92. The molecule has 0 aliphatic rings. The van der Waals surface area contributed by atoms with E-state index in [2.05, 4.69) is 10.3 Å². The molecule has 2 N–H and O–H groups in total. The minimum absolute atomic E-state index is 0.127. The number of methoxy groups -OCH3 is 1. The number of ether oxygens (including phenoxy) is 2. The number of rotatable bonds is 9. The minimum atomic E-state index is -0.718. The van der Waals surface area contributed by atoms with E-state index in [1.807, 2.05) is 54.2 Å². The predicted octanol–water partition coefficient (Wildman–Crippen LogP) is 3.20. The first-order valence-corrected chi connectivity index (χ1v) is 9.36. The van der Waals surface area contributed by atoms with Crippen LogP contribution < -0.4 is 14.8 Å². The third-order valence-electron chi connectivity index (χ3n) is 4.37. The van der Waals surface area contributed by atoms with Crippen molar-refractivity contribution in [3.05, 3.63) is 77.3 Å². The first-order valence-electron chi connectivity index (χ1n) is 8.98. The summed E-state index contributed by atoms with van der Waals surface area (Å²) in [5, 5.41) is 14.3. The van der Waals surface area contributed by atoms with E-state index in [1.54, 1.807) is 25.4 Å². The largest absolute Gasteiger partial charge is 0.497 e. The normalized spacial score (nSPS) is 13.1. The van der Waals surface area contributed by atoms with E-state index in [4.69, 9.17) is 21.1 Å². The van der Waals surface area contributed by atoms with Crippen molar-refractivity contribution >= 4 is 11.6 Å². The maximum Gasteiger partial charge on any atom is 0.138 e. The Morgan fingerprint density at radius 3 is 2.75 bits per heavy atom. The summed E-state index contributed by atoms with van der Waals surface area (Å²) >= 11 is 6.08. The highest BCUT2D eigenvalue weighted by atomic mass is 35.5. The molecular weight excluding hydrogens is 378 g/mol. The first kappa shape index (κ1) is 20.2. The molecule has 2 unspecified atom stereocenters. The van der Waals surface area contributed by atoms with Crippen LogP contribution in [0.1, 0.15) is 17.4 Å². The highest BCUT2D eigenvalue weighted by Gasteiger charge is 2.20. The molecule has 0 saturated carbocycles. The van der Waals surface area contributed by atoms with Crippen molar-refractivity contribution in [2.24, 2.45) is 7.05 Å². The summed E-state index contributed by atoms with van der Waals surface area (Å²) in [7, 11) is 3.58. The fraction of sp³-hybridized carbons (Fsp3) is 0.286. The smallest absolute Gasteiger partial charge is 0.138 e. The molecule has 6 nitrogen and oxygen atoms in total. The first-order chi connectivity index (χ1) is 13.6. The van der Waals surface area contributed by atoms with Gasteiger partial charge >= 0.3 is 0 Å². The SMILES string of the molecule is COc1cccc(C(NCC(O)COc2ccccc2Cl)c2nccn2C)c1. The van der Waals surface area contributed by atoms with E-state index in [1.165, 1.54) is 0 Å². The molecule has 28 heavy (non-hydrogen) atoms. The maximum absolute atomic E-state index is 10.4. The maximum atomic E-state index is 10.4. The van der Waals surface area contributed by atoms with Gasteiger partial charge in [0, 0.05) is 26.0 Å². The second-order valence-corrected chi connectivity index (χ2v) is 6.82. The fourth-order valence-electron chi connectivity index (χ4n) is 2.90. The Labute approximate surface area is 169 Å². The molecule has 0 fully saturated rings. The van der Waals surface area contributed by atoms with Gasteiger partial charge in [-0.25, -0.2) is 4.98 Å². The van der Waals surface area contributed by atoms with Gasteiger partial charge < -0.3 is 24.5 Å². The number of hydrogen-bond acceptors (Lipinski definition) is 5. The van der Waals surface area contributed by atoms with Crippen LogP contribution in [0.4, 0.5) is 0 Å². The van der Waals surface area contributed by atoms with E-state index in [0.29, 0.717) is 17.3 Å². The van der Waals surface area contributed by atoms with Gasteiger partial charge in [-0.2, -0.15) is 0 Å². The summed E-state index contributed by atoms with van der Waals surface area (Å²) in [6, 6.07) is 14.8. The molecule has 3 rings (SSSR count). The Morgan fingerprint density at radius 1 is 1.21 bits per heavy atom. The van der Waals surface area contributed by atoms with E-state index < -0.39 is 6.10 Å². The lowest BCUT2D eigenvalue weighted by Crippen LogP contribution is -2.35. The van der Waals surface area contributed by atoms with Crippen molar-refractivity contribution in [3.63, 3.8) is 0 Å². The zero-order chi connectivity index (χ0) is 19.9. The van der Waals surface area contributed by atoms with Crippen molar-refractivity contribution in [1.29, 1.82) is 0 Å². The monoisotopic (exact) mass is 401 g/mol. The molecule has 7 heteroatoms. The average Bonchev–Trinajstić information content (AvgIpc) is 3.13. The van der Waals surface area contributed by atoms with Gasteiger partial charge in [0.05, 0.1) is 18.2 Å². The summed E-state index contributed by atoms with van der Waals surface area (Å²) in [4.78, 5) is 4.46. The number of nitrogens with zero attached hydrogens (tertiary/aromatic N) is 2. The number of hydrogen-bond donors (Lipinski definition) is 2. The zero-order valence-corrected chi connectivity index (χ0v) is 16.6. The summed E-state index contributed by atoms with van der Waals surface area (Å²) in [5.41, 5.74) is 0.993. The lowest BCUT2D eigenvalue weighted by Gasteiger charge is -2.22. The number of benzene rings is 2. The molecule has 0 saturated heterocycles. The highest BCUT2D eigenvalue weighted by Crippen LogP contribution is 2.25. The summed E-state index contributed by atoms with van der Waals surface area (Å²) < 4.78 is 12.9. The van der Waals surface area contributed by atoms with E-state index >= 15 is 0 Å². The van der Waals surface area contributed by atoms with E-state index in [0.717, 1.165) is 17.1 Å². The van der Waals surface area contributed by atoms with Gasteiger partial charge in [-0.05, 0) is 29.8 Å².